The van der Waals surface area contributed by atoms with Crippen LogP contribution >= 0.6 is 0 Å². The van der Waals surface area contributed by atoms with E-state index >= 15 is 0 Å². The van der Waals surface area contributed by atoms with E-state index in [0.29, 0.717) is 23.8 Å². The van der Waals surface area contributed by atoms with Crippen LogP contribution in [0, 0.1) is 12.8 Å². The van der Waals surface area contributed by atoms with Gasteiger partial charge in [-0.1, -0.05) is 35.0 Å². The van der Waals surface area contributed by atoms with Gasteiger partial charge < -0.3 is 4.52 Å². The monoisotopic (exact) mass is 241 g/mol. The Morgan fingerprint density at radius 1 is 1.33 bits per heavy atom. The summed E-state index contributed by atoms with van der Waals surface area (Å²) in [6, 6.07) is 9.73. The molecule has 1 heterocycles. The zero-order valence-corrected chi connectivity index (χ0v) is 10.3. The maximum Gasteiger partial charge on any atom is 0.185 e. The van der Waals surface area contributed by atoms with Crippen LogP contribution in [0.25, 0.3) is 11.3 Å². The number of nitrogens with zero attached hydrogens (tertiary/aromatic N) is 1. The van der Waals surface area contributed by atoms with E-state index in [1.807, 2.05) is 31.2 Å². The average Bonchev–Trinajstić information content (AvgIpc) is 3.04. The van der Waals surface area contributed by atoms with Crippen LogP contribution in [-0.4, -0.2) is 10.9 Å². The molecular weight excluding hydrogens is 226 g/mol. The van der Waals surface area contributed by atoms with Crippen LogP contribution < -0.4 is 0 Å². The molecular formula is C15H15NO2. The van der Waals surface area contributed by atoms with Gasteiger partial charge in [0.15, 0.2) is 11.5 Å². The zero-order chi connectivity index (χ0) is 12.5. The highest BCUT2D eigenvalue weighted by Crippen LogP contribution is 2.33. The van der Waals surface area contributed by atoms with Crippen LogP contribution in [0.2, 0.25) is 0 Å². The quantitative estimate of drug-likeness (QED) is 0.767. The Kier molecular flexibility index (Phi) is 2.74. The molecule has 0 N–H and O–H groups in total. The van der Waals surface area contributed by atoms with Gasteiger partial charge >= 0.3 is 0 Å². The summed E-state index contributed by atoms with van der Waals surface area (Å²) in [5, 5.41) is 3.87. The van der Waals surface area contributed by atoms with Crippen LogP contribution in [0.4, 0.5) is 0 Å². The molecule has 0 spiro atoms. The van der Waals surface area contributed by atoms with Crippen molar-refractivity contribution < 1.29 is 9.32 Å². The highest BCUT2D eigenvalue weighted by molar-refractivity contribution is 5.95. The van der Waals surface area contributed by atoms with E-state index in [4.69, 9.17) is 4.52 Å². The topological polar surface area (TPSA) is 43.1 Å². The van der Waals surface area contributed by atoms with Crippen LogP contribution in [0.1, 0.15) is 35.3 Å². The SMILES string of the molecule is Cc1ccc(-c2cc(C(=O)CC3CC3)no2)cc1. The van der Waals surface area contributed by atoms with E-state index in [2.05, 4.69) is 5.16 Å². The fourth-order valence-corrected chi connectivity index (χ4v) is 1.95. The summed E-state index contributed by atoms with van der Waals surface area (Å²) in [4.78, 5) is 11.9. The molecule has 0 aliphatic heterocycles. The Labute approximate surface area is 106 Å². The number of hydrogen-bond donors (Lipinski definition) is 0. The second kappa shape index (κ2) is 4.41. The van der Waals surface area contributed by atoms with Crippen molar-refractivity contribution in [2.45, 2.75) is 26.2 Å². The average molecular weight is 241 g/mol. The summed E-state index contributed by atoms with van der Waals surface area (Å²) in [6.45, 7) is 2.04. The number of carbonyl (C=O) groups is 1. The highest BCUT2D eigenvalue weighted by atomic mass is 16.5. The van der Waals surface area contributed by atoms with Crippen molar-refractivity contribution in [1.29, 1.82) is 0 Å². The number of carbonyl (C=O) groups excluding carboxylic acids is 1. The van der Waals surface area contributed by atoms with Gasteiger partial charge in [-0.15, -0.1) is 0 Å². The van der Waals surface area contributed by atoms with Crippen molar-refractivity contribution in [1.82, 2.24) is 5.16 Å². The first-order valence-electron chi connectivity index (χ1n) is 6.29. The Bertz CT molecular complexity index is 564. The fraction of sp³-hybridized carbons (Fsp3) is 0.333. The molecule has 0 bridgehead atoms. The number of rotatable bonds is 4. The van der Waals surface area contributed by atoms with Gasteiger partial charge in [0.2, 0.25) is 0 Å². The van der Waals surface area contributed by atoms with Crippen LogP contribution in [0.15, 0.2) is 34.9 Å². The molecule has 1 aliphatic rings. The number of ketones is 1. The minimum atomic E-state index is 0.0969. The Morgan fingerprint density at radius 2 is 2.06 bits per heavy atom. The van der Waals surface area contributed by atoms with Crippen LogP contribution in [0.5, 0.6) is 0 Å². The Balaban J connectivity index is 1.79. The van der Waals surface area contributed by atoms with Crippen molar-refractivity contribution >= 4 is 5.78 Å². The zero-order valence-electron chi connectivity index (χ0n) is 10.3. The number of benzene rings is 1. The van der Waals surface area contributed by atoms with E-state index in [9.17, 15) is 4.79 Å². The van der Waals surface area contributed by atoms with E-state index in [1.165, 1.54) is 18.4 Å². The molecule has 3 nitrogen and oxygen atoms in total. The van der Waals surface area contributed by atoms with Crippen LogP contribution in [-0.2, 0) is 0 Å². The first kappa shape index (κ1) is 11.2. The smallest absolute Gasteiger partial charge is 0.185 e. The summed E-state index contributed by atoms with van der Waals surface area (Å²) in [5.41, 5.74) is 2.61. The molecule has 0 atom stereocenters. The predicted octanol–water partition coefficient (Wildman–Crippen LogP) is 3.63. The maximum absolute atomic E-state index is 11.9. The van der Waals surface area contributed by atoms with Crippen molar-refractivity contribution in [3.63, 3.8) is 0 Å². The molecule has 0 amide bonds. The molecule has 1 aliphatic carbocycles. The lowest BCUT2D eigenvalue weighted by Gasteiger charge is -1.95. The van der Waals surface area contributed by atoms with Gasteiger partial charge in [-0.2, -0.15) is 0 Å². The maximum atomic E-state index is 11.9. The molecule has 1 fully saturated rings. The fourth-order valence-electron chi connectivity index (χ4n) is 1.95. The predicted molar refractivity (Wildman–Crippen MR) is 68.3 cm³/mol. The van der Waals surface area contributed by atoms with Gasteiger partial charge in [-0.3, -0.25) is 4.79 Å². The van der Waals surface area contributed by atoms with Gasteiger partial charge in [0.05, 0.1) is 0 Å². The molecule has 0 unspecified atom stereocenters. The van der Waals surface area contributed by atoms with Crippen molar-refractivity contribution in [2.24, 2.45) is 5.92 Å². The molecule has 1 aromatic carbocycles. The number of aromatic nitrogens is 1. The molecule has 1 saturated carbocycles. The number of Topliss-reactive ketones (excluding diaryl/α,β-unsaturated/α-hetero) is 1. The van der Waals surface area contributed by atoms with Crippen molar-refractivity contribution in [2.75, 3.05) is 0 Å². The third-order valence-electron chi connectivity index (χ3n) is 3.30. The second-order valence-corrected chi connectivity index (χ2v) is 5.01. The third kappa shape index (κ3) is 2.35. The normalized spacial score (nSPS) is 14.7. The molecule has 3 rings (SSSR count). The first-order valence-corrected chi connectivity index (χ1v) is 6.29. The second-order valence-electron chi connectivity index (χ2n) is 5.01. The summed E-state index contributed by atoms with van der Waals surface area (Å²) in [5.74, 6) is 1.34. The summed E-state index contributed by atoms with van der Waals surface area (Å²) >= 11 is 0. The minimum absolute atomic E-state index is 0.0969. The summed E-state index contributed by atoms with van der Waals surface area (Å²) in [7, 11) is 0. The number of hydrogen-bond acceptors (Lipinski definition) is 3. The van der Waals surface area contributed by atoms with E-state index in [1.54, 1.807) is 6.07 Å². The lowest BCUT2D eigenvalue weighted by molar-refractivity contribution is 0.0967. The molecule has 0 radical (unpaired) electrons. The van der Waals surface area contributed by atoms with Crippen molar-refractivity contribution in [3.05, 3.63) is 41.6 Å². The van der Waals surface area contributed by atoms with Gasteiger partial charge in [0, 0.05) is 18.1 Å². The standard InChI is InChI=1S/C15H15NO2/c1-10-2-6-12(7-3-10)15-9-13(16-18-15)14(17)8-11-4-5-11/h2-3,6-7,9,11H,4-5,8H2,1H3. The minimum Gasteiger partial charge on any atom is -0.356 e. The van der Waals surface area contributed by atoms with E-state index < -0.39 is 0 Å². The molecule has 92 valence electrons. The Morgan fingerprint density at radius 3 is 2.72 bits per heavy atom. The van der Waals surface area contributed by atoms with E-state index in [-0.39, 0.29) is 5.78 Å². The summed E-state index contributed by atoms with van der Waals surface area (Å²) in [6.07, 6.45) is 2.96. The largest absolute Gasteiger partial charge is 0.356 e. The van der Waals surface area contributed by atoms with Gasteiger partial charge in [0.1, 0.15) is 5.69 Å². The van der Waals surface area contributed by atoms with Gasteiger partial charge in [-0.25, -0.2) is 0 Å². The first-order chi connectivity index (χ1) is 8.72. The van der Waals surface area contributed by atoms with Crippen molar-refractivity contribution in [3.8, 4) is 11.3 Å². The lowest BCUT2D eigenvalue weighted by Crippen LogP contribution is -1.99. The lowest BCUT2D eigenvalue weighted by atomic mass is 10.1. The van der Waals surface area contributed by atoms with Gasteiger partial charge in [-0.05, 0) is 25.7 Å². The molecule has 0 saturated heterocycles. The molecule has 3 heteroatoms. The molecule has 18 heavy (non-hydrogen) atoms. The molecule has 1 aromatic heterocycles. The molecule has 2 aromatic rings. The highest BCUT2D eigenvalue weighted by Gasteiger charge is 2.26. The third-order valence-corrected chi connectivity index (χ3v) is 3.30. The van der Waals surface area contributed by atoms with E-state index in [0.717, 1.165) is 5.56 Å². The van der Waals surface area contributed by atoms with Crippen LogP contribution in [0.3, 0.4) is 0 Å². The Hall–Kier alpha value is -1.90. The van der Waals surface area contributed by atoms with Gasteiger partial charge in [0.25, 0.3) is 0 Å². The summed E-state index contributed by atoms with van der Waals surface area (Å²) < 4.78 is 5.24. The number of aryl methyl sites for hydroxylation is 1.